The third kappa shape index (κ3) is 4.38. The molecule has 0 aromatic rings. The van der Waals surface area contributed by atoms with Crippen molar-refractivity contribution < 1.29 is 19.2 Å². The topological polar surface area (TPSA) is 101 Å². The van der Waals surface area contributed by atoms with Gasteiger partial charge in [-0.05, 0) is 63.7 Å². The van der Waals surface area contributed by atoms with Crippen LogP contribution in [0.15, 0.2) is 0 Å². The van der Waals surface area contributed by atoms with Crippen molar-refractivity contribution in [2.45, 2.75) is 82.4 Å². The molecule has 0 spiro atoms. The van der Waals surface area contributed by atoms with Crippen molar-refractivity contribution >= 4 is 11.8 Å². The highest BCUT2D eigenvalue weighted by Gasteiger charge is 2.54. The van der Waals surface area contributed by atoms with E-state index in [9.17, 15) is 9.59 Å². The number of nitrogens with zero attached hydrogens (tertiary/aromatic N) is 1. The monoisotopic (exact) mass is 422 g/mol. The summed E-state index contributed by atoms with van der Waals surface area (Å²) in [5.74, 6) is 0.401. The fourth-order valence-electron chi connectivity index (χ4n) is 6.14. The first kappa shape index (κ1) is 22.0. The lowest BCUT2D eigenvalue weighted by Gasteiger charge is -2.51. The summed E-state index contributed by atoms with van der Waals surface area (Å²) in [5.41, 5.74) is 6.51. The Hall–Kier alpha value is -1.22. The van der Waals surface area contributed by atoms with Gasteiger partial charge in [0, 0.05) is 20.2 Å². The van der Waals surface area contributed by atoms with Crippen LogP contribution in [0, 0.1) is 17.8 Å². The molecular formula is C22H40N5O3+. The van der Waals surface area contributed by atoms with Gasteiger partial charge in [0.25, 0.3) is 0 Å². The molecule has 3 heterocycles. The summed E-state index contributed by atoms with van der Waals surface area (Å²) < 4.78 is 5.45. The second kappa shape index (κ2) is 9.51. The molecular weight excluding hydrogens is 382 g/mol. The second-order valence-electron chi connectivity index (χ2n) is 9.86. The number of methoxy groups -OCH3 is 1. The second-order valence-corrected chi connectivity index (χ2v) is 9.86. The third-order valence-electron chi connectivity index (χ3n) is 8.15. The Balaban J connectivity index is 1.31. The highest BCUT2D eigenvalue weighted by atomic mass is 16.5. The zero-order valence-electron chi connectivity index (χ0n) is 18.6. The van der Waals surface area contributed by atoms with Crippen molar-refractivity contribution in [2.75, 3.05) is 27.2 Å². The van der Waals surface area contributed by atoms with Gasteiger partial charge in [-0.15, -0.1) is 0 Å². The van der Waals surface area contributed by atoms with E-state index in [1.807, 2.05) is 11.9 Å². The highest BCUT2D eigenvalue weighted by Crippen LogP contribution is 2.30. The van der Waals surface area contributed by atoms with E-state index in [-0.39, 0.29) is 42.1 Å². The molecule has 2 amide bonds. The molecule has 4 fully saturated rings. The quantitative estimate of drug-likeness (QED) is 0.474. The Morgan fingerprint density at radius 2 is 2.03 bits per heavy atom. The van der Waals surface area contributed by atoms with Crippen LogP contribution in [0.3, 0.4) is 0 Å². The number of carbonyl (C=O) groups excluding carboxylic acids is 2. The van der Waals surface area contributed by atoms with Gasteiger partial charge < -0.3 is 19.9 Å². The summed E-state index contributed by atoms with van der Waals surface area (Å²) in [5, 5.41) is 6.80. The maximum atomic E-state index is 13.2. The number of piperidine rings is 2. The van der Waals surface area contributed by atoms with E-state index in [0.717, 1.165) is 50.0 Å². The molecule has 3 saturated heterocycles. The fourth-order valence-corrected chi connectivity index (χ4v) is 6.14. The van der Waals surface area contributed by atoms with Gasteiger partial charge in [0.05, 0.1) is 19.3 Å². The Labute approximate surface area is 180 Å². The molecule has 0 radical (unpaired) electrons. The minimum Gasteiger partial charge on any atom is -0.381 e. The van der Waals surface area contributed by atoms with Crippen LogP contribution in [0.2, 0.25) is 0 Å². The van der Waals surface area contributed by atoms with Gasteiger partial charge in [0.1, 0.15) is 11.8 Å². The Kier molecular flexibility index (Phi) is 6.97. The summed E-state index contributed by atoms with van der Waals surface area (Å²) in [6.45, 7) is 1.52. The summed E-state index contributed by atoms with van der Waals surface area (Å²) in [7, 11) is 3.81. The van der Waals surface area contributed by atoms with Gasteiger partial charge in [-0.2, -0.15) is 0 Å². The summed E-state index contributed by atoms with van der Waals surface area (Å²) in [6.07, 6.45) is 9.62. The molecule has 30 heavy (non-hydrogen) atoms. The number of quaternary nitrogens is 1. The maximum Gasteiger partial charge on any atom is 0.234 e. The molecule has 3 aliphatic heterocycles. The smallest absolute Gasteiger partial charge is 0.234 e. The van der Waals surface area contributed by atoms with E-state index in [0.29, 0.717) is 25.0 Å². The fraction of sp³-hybridized carbons (Fsp3) is 0.909. The maximum absolute atomic E-state index is 13.2. The van der Waals surface area contributed by atoms with Crippen molar-refractivity contribution in [3.8, 4) is 0 Å². The van der Waals surface area contributed by atoms with Gasteiger partial charge in [-0.3, -0.25) is 15.3 Å². The van der Waals surface area contributed by atoms with Crippen LogP contribution < -0.4 is 21.3 Å². The number of hydrogen-bond acceptors (Lipinski definition) is 5. The molecule has 8 heteroatoms. The van der Waals surface area contributed by atoms with Crippen molar-refractivity contribution in [1.29, 1.82) is 0 Å². The lowest BCUT2D eigenvalue weighted by atomic mass is 9.80. The highest BCUT2D eigenvalue weighted by molar-refractivity contribution is 5.83. The van der Waals surface area contributed by atoms with Crippen LogP contribution in [0.1, 0.15) is 57.8 Å². The minimum atomic E-state index is -0.317. The molecule has 6 unspecified atom stereocenters. The number of ether oxygens (including phenoxy) is 1. The van der Waals surface area contributed by atoms with E-state index < -0.39 is 0 Å². The number of nitrogens with one attached hydrogen (secondary N) is 3. The van der Waals surface area contributed by atoms with Crippen LogP contribution >= 0.6 is 0 Å². The van der Waals surface area contributed by atoms with Gasteiger partial charge >= 0.3 is 0 Å². The Morgan fingerprint density at radius 1 is 1.27 bits per heavy atom. The van der Waals surface area contributed by atoms with E-state index in [1.165, 1.54) is 12.8 Å². The van der Waals surface area contributed by atoms with Crippen molar-refractivity contribution in [3.05, 3.63) is 0 Å². The molecule has 4 rings (SSSR count). The Morgan fingerprint density at radius 3 is 2.77 bits per heavy atom. The molecule has 8 nitrogen and oxygen atoms in total. The molecule has 6 atom stereocenters. The molecule has 0 aromatic heterocycles. The average molecular weight is 423 g/mol. The third-order valence-corrected chi connectivity index (χ3v) is 8.15. The number of carbonyl (C=O) groups is 2. The first-order chi connectivity index (χ1) is 14.5. The van der Waals surface area contributed by atoms with Gasteiger partial charge in [-0.1, -0.05) is 0 Å². The number of nitrogens with two attached hydrogens (primary N) is 1. The van der Waals surface area contributed by atoms with Crippen LogP contribution in [0.4, 0.5) is 0 Å². The zero-order chi connectivity index (χ0) is 21.3. The molecule has 0 bridgehead atoms. The summed E-state index contributed by atoms with van der Waals surface area (Å²) in [4.78, 5) is 29.2. The van der Waals surface area contributed by atoms with Crippen LogP contribution in [-0.2, 0) is 14.3 Å². The largest absolute Gasteiger partial charge is 0.381 e. The van der Waals surface area contributed by atoms with E-state index in [4.69, 9.17) is 10.5 Å². The van der Waals surface area contributed by atoms with E-state index in [1.54, 1.807) is 7.11 Å². The summed E-state index contributed by atoms with van der Waals surface area (Å²) >= 11 is 0. The molecule has 5 N–H and O–H groups in total. The predicted molar refractivity (Wildman–Crippen MR) is 113 cm³/mol. The number of fused-ring (bicyclic) bond motifs is 2. The molecule has 1 saturated carbocycles. The lowest BCUT2D eigenvalue weighted by Crippen LogP contribution is -3.23. The van der Waals surface area contributed by atoms with Gasteiger partial charge in [-0.25, -0.2) is 5.32 Å². The van der Waals surface area contributed by atoms with Crippen LogP contribution in [-0.4, -0.2) is 68.6 Å². The van der Waals surface area contributed by atoms with Crippen LogP contribution in [0.5, 0.6) is 0 Å². The molecule has 4 aliphatic rings. The number of rotatable bonds is 5. The van der Waals surface area contributed by atoms with Crippen molar-refractivity contribution in [2.24, 2.45) is 23.5 Å². The Bertz CT molecular complexity index is 624. The average Bonchev–Trinajstić information content (AvgIpc) is 2.77. The predicted octanol–water partition coefficient (Wildman–Crippen LogP) is -0.599. The molecule has 0 aromatic carbocycles. The first-order valence-electron chi connectivity index (χ1n) is 12.0. The van der Waals surface area contributed by atoms with E-state index >= 15 is 0 Å². The number of likely N-dealkylation sites (tertiary alicyclic amines) is 1. The molecule has 170 valence electrons. The van der Waals surface area contributed by atoms with Gasteiger partial charge in [0.2, 0.25) is 11.8 Å². The number of hydrogen-bond donors (Lipinski definition) is 4. The summed E-state index contributed by atoms with van der Waals surface area (Å²) in [6, 6.07) is 0. The normalized spacial score (nSPS) is 41.7. The SMILES string of the molecule is COC1CCC(CCNC(=O)C2CC3C(=O)N4CCCCC4NC3[NH+](C)C2N)CC1. The van der Waals surface area contributed by atoms with E-state index in [2.05, 4.69) is 10.6 Å². The minimum absolute atomic E-state index is 0.00636. The van der Waals surface area contributed by atoms with Crippen molar-refractivity contribution in [1.82, 2.24) is 15.5 Å². The lowest BCUT2D eigenvalue weighted by molar-refractivity contribution is -0.946. The van der Waals surface area contributed by atoms with Gasteiger partial charge in [0.15, 0.2) is 12.3 Å². The molecule has 1 aliphatic carbocycles. The van der Waals surface area contributed by atoms with Crippen LogP contribution in [0.25, 0.3) is 0 Å². The standard InChI is InChI=1S/C22H39N5O3/c1-26-19(23)16(21(28)24-11-10-14-6-8-15(30-2)9-7-14)13-17-20(26)25-18-5-3-4-12-27(18)22(17)29/h14-20,25H,3-13,23H2,1-2H3,(H,24,28)/p+1. The number of amides is 2. The zero-order valence-corrected chi connectivity index (χ0v) is 18.6. The van der Waals surface area contributed by atoms with Crippen molar-refractivity contribution in [3.63, 3.8) is 0 Å². The first-order valence-corrected chi connectivity index (χ1v) is 12.0.